The molecule has 13 nitrogen and oxygen atoms in total. The molecule has 4 rings (SSSR count). The van der Waals surface area contributed by atoms with E-state index in [1.165, 1.54) is 34.0 Å². The molecule has 1 N–H and O–H groups in total. The van der Waals surface area contributed by atoms with Crippen LogP contribution in [0.5, 0.6) is 0 Å². The number of fused-ring (bicyclic) bond motifs is 3. The summed E-state index contributed by atoms with van der Waals surface area (Å²) in [5, 5.41) is 12.7. The van der Waals surface area contributed by atoms with Gasteiger partial charge in [-0.3, -0.25) is 24.0 Å². The molecule has 10 atom stereocenters. The third kappa shape index (κ3) is 6.39. The molecule has 4 aliphatic rings. The van der Waals surface area contributed by atoms with Crippen LogP contribution in [0, 0.1) is 23.2 Å². The molecule has 2 aliphatic heterocycles. The summed E-state index contributed by atoms with van der Waals surface area (Å²) in [5.74, 6) is -5.85. The highest BCUT2D eigenvalue weighted by atomic mass is 16.6. The Hall–Kier alpha value is -3.29. The second-order valence-electron chi connectivity index (χ2n) is 13.1. The molecular weight excluding hydrogens is 592 g/mol. The normalized spacial score (nSPS) is 38.8. The second-order valence-corrected chi connectivity index (χ2v) is 13.1. The summed E-state index contributed by atoms with van der Waals surface area (Å²) in [6.45, 7) is 10.5. The molecule has 2 heterocycles. The first kappa shape index (κ1) is 34.6. The van der Waals surface area contributed by atoms with Crippen molar-refractivity contribution in [3.63, 3.8) is 0 Å². The molecule has 2 saturated heterocycles. The zero-order chi connectivity index (χ0) is 33.5. The SMILES string of the molecule is COCC1=CC2OC(=O)C(C)C2(O)C(OC(C)=O)C2C3(CO3)C(OC(C)=O)CC(OC(=O)CC(C)C)C2(C)C(OC(C)=O)C=C1. The first-order valence-electron chi connectivity index (χ1n) is 15.2. The number of carbonyl (C=O) groups is 5. The summed E-state index contributed by atoms with van der Waals surface area (Å²) in [5.41, 5.74) is -4.63. The average Bonchev–Trinajstić information content (AvgIpc) is 3.67. The highest BCUT2D eigenvalue weighted by molar-refractivity contribution is 5.78. The minimum absolute atomic E-state index is 0.000823. The van der Waals surface area contributed by atoms with Gasteiger partial charge in [0.25, 0.3) is 0 Å². The van der Waals surface area contributed by atoms with Crippen LogP contribution in [0.15, 0.2) is 23.8 Å². The first-order valence-corrected chi connectivity index (χ1v) is 15.2. The molecule has 10 unspecified atom stereocenters. The summed E-state index contributed by atoms with van der Waals surface area (Å²) >= 11 is 0. The number of aliphatic hydroxyl groups is 1. The van der Waals surface area contributed by atoms with Crippen LogP contribution in [-0.2, 0) is 57.1 Å². The van der Waals surface area contributed by atoms with Gasteiger partial charge < -0.3 is 38.3 Å². The van der Waals surface area contributed by atoms with E-state index in [2.05, 4.69) is 0 Å². The third-order valence-corrected chi connectivity index (χ3v) is 9.36. The van der Waals surface area contributed by atoms with Crippen molar-refractivity contribution < 1.29 is 62.2 Å². The van der Waals surface area contributed by atoms with Crippen LogP contribution in [0.3, 0.4) is 0 Å². The van der Waals surface area contributed by atoms with Crippen molar-refractivity contribution in [3.8, 4) is 0 Å². The lowest BCUT2D eigenvalue weighted by atomic mass is 9.52. The van der Waals surface area contributed by atoms with Crippen LogP contribution < -0.4 is 0 Å². The number of carbonyl (C=O) groups excluding carboxylic acids is 5. The summed E-state index contributed by atoms with van der Waals surface area (Å²) < 4.78 is 41.0. The van der Waals surface area contributed by atoms with E-state index >= 15 is 0 Å². The third-order valence-electron chi connectivity index (χ3n) is 9.36. The molecule has 0 amide bonds. The van der Waals surface area contributed by atoms with Crippen LogP contribution in [0.4, 0.5) is 0 Å². The van der Waals surface area contributed by atoms with Gasteiger partial charge in [0, 0.05) is 46.6 Å². The van der Waals surface area contributed by atoms with E-state index in [1.54, 1.807) is 19.1 Å². The second kappa shape index (κ2) is 12.8. The molecule has 1 spiro atoms. The van der Waals surface area contributed by atoms with E-state index in [0.29, 0.717) is 5.57 Å². The van der Waals surface area contributed by atoms with Gasteiger partial charge in [0.15, 0.2) is 11.7 Å². The van der Waals surface area contributed by atoms with Gasteiger partial charge in [0.2, 0.25) is 0 Å². The number of methoxy groups -OCH3 is 1. The molecule has 0 aromatic carbocycles. The molecule has 13 heteroatoms. The molecule has 45 heavy (non-hydrogen) atoms. The Bertz CT molecular complexity index is 1270. The maximum absolute atomic E-state index is 13.3. The van der Waals surface area contributed by atoms with Gasteiger partial charge in [-0.2, -0.15) is 0 Å². The monoisotopic (exact) mass is 636 g/mol. The fraction of sp³-hybridized carbons (Fsp3) is 0.719. The fourth-order valence-corrected chi connectivity index (χ4v) is 7.25. The van der Waals surface area contributed by atoms with Gasteiger partial charge in [-0.05, 0) is 30.6 Å². The Labute approximate surface area is 262 Å². The predicted molar refractivity (Wildman–Crippen MR) is 154 cm³/mol. The van der Waals surface area contributed by atoms with Gasteiger partial charge in [-0.15, -0.1) is 0 Å². The molecule has 0 radical (unpaired) electrons. The molecule has 3 fully saturated rings. The lowest BCUT2D eigenvalue weighted by Crippen LogP contribution is -2.71. The average molecular weight is 637 g/mol. The highest BCUT2D eigenvalue weighted by Gasteiger charge is 2.78. The van der Waals surface area contributed by atoms with Gasteiger partial charge >= 0.3 is 29.8 Å². The first-order chi connectivity index (χ1) is 21.0. The summed E-state index contributed by atoms with van der Waals surface area (Å²) in [7, 11) is 1.46. The van der Waals surface area contributed by atoms with E-state index in [4.69, 9.17) is 33.2 Å². The number of epoxide rings is 1. The molecule has 0 bridgehead atoms. The maximum Gasteiger partial charge on any atom is 0.312 e. The van der Waals surface area contributed by atoms with Crippen molar-refractivity contribution in [1.82, 2.24) is 0 Å². The highest BCUT2D eigenvalue weighted by Crippen LogP contribution is 2.62. The van der Waals surface area contributed by atoms with E-state index in [9.17, 15) is 29.1 Å². The van der Waals surface area contributed by atoms with Crippen LogP contribution in [0.25, 0.3) is 0 Å². The van der Waals surface area contributed by atoms with E-state index in [0.717, 1.165) is 6.92 Å². The van der Waals surface area contributed by atoms with Crippen LogP contribution in [0.1, 0.15) is 61.3 Å². The Morgan fingerprint density at radius 3 is 2.18 bits per heavy atom. The Balaban J connectivity index is 2.07. The topological polar surface area (TPSA) is 173 Å². The molecule has 0 aromatic rings. The standard InChI is InChI=1S/C32H44O13/c1-16(2)11-26(36)44-23-13-24(42-19(5)34)31(15-40-31)27-28(43-20(6)35)32(38)17(3)29(37)45-25(32)12-21(14-39-8)9-10-22(30(23,27)7)41-18(4)33/h9-10,12,16-17,22-25,27-28,38H,11,13-15H2,1-8H3. The number of hydrogen-bond acceptors (Lipinski definition) is 13. The molecule has 0 aromatic heterocycles. The van der Waals surface area contributed by atoms with Gasteiger partial charge in [0.05, 0.1) is 24.5 Å². The van der Waals surface area contributed by atoms with Crippen molar-refractivity contribution >= 4 is 29.8 Å². The largest absolute Gasteiger partial charge is 0.461 e. The van der Waals surface area contributed by atoms with E-state index in [1.807, 2.05) is 13.8 Å². The van der Waals surface area contributed by atoms with Gasteiger partial charge in [-0.1, -0.05) is 26.8 Å². The van der Waals surface area contributed by atoms with Gasteiger partial charge in [-0.25, -0.2) is 0 Å². The summed E-state index contributed by atoms with van der Waals surface area (Å²) in [6, 6.07) is 0. The number of hydrogen-bond donors (Lipinski definition) is 1. The maximum atomic E-state index is 13.3. The smallest absolute Gasteiger partial charge is 0.312 e. The molecular formula is C32H44O13. The quantitative estimate of drug-likeness (QED) is 0.233. The fourth-order valence-electron chi connectivity index (χ4n) is 7.25. The van der Waals surface area contributed by atoms with Crippen molar-refractivity contribution in [2.24, 2.45) is 23.2 Å². The zero-order valence-corrected chi connectivity index (χ0v) is 27.0. The van der Waals surface area contributed by atoms with Crippen LogP contribution in [0.2, 0.25) is 0 Å². The summed E-state index contributed by atoms with van der Waals surface area (Å²) in [6.07, 6.45) is -1.49. The van der Waals surface area contributed by atoms with Crippen molar-refractivity contribution in [2.75, 3.05) is 20.3 Å². The van der Waals surface area contributed by atoms with Crippen molar-refractivity contribution in [1.29, 1.82) is 0 Å². The number of esters is 5. The zero-order valence-electron chi connectivity index (χ0n) is 27.0. The Morgan fingerprint density at radius 2 is 1.64 bits per heavy atom. The molecule has 2 aliphatic carbocycles. The predicted octanol–water partition coefficient (Wildman–Crippen LogP) is 1.97. The Kier molecular flexibility index (Phi) is 9.87. The Morgan fingerprint density at radius 1 is 1.02 bits per heavy atom. The minimum Gasteiger partial charge on any atom is -0.461 e. The van der Waals surface area contributed by atoms with E-state index < -0.39 is 88.8 Å². The number of ether oxygens (including phenoxy) is 7. The lowest BCUT2D eigenvalue weighted by Gasteiger charge is -2.57. The van der Waals surface area contributed by atoms with Crippen LogP contribution in [-0.4, -0.2) is 97.0 Å². The minimum atomic E-state index is -2.21. The van der Waals surface area contributed by atoms with Crippen LogP contribution >= 0.6 is 0 Å². The lowest BCUT2D eigenvalue weighted by molar-refractivity contribution is -0.252. The summed E-state index contributed by atoms with van der Waals surface area (Å²) in [4.78, 5) is 64.3. The van der Waals surface area contributed by atoms with Gasteiger partial charge in [0.1, 0.15) is 30.0 Å². The van der Waals surface area contributed by atoms with E-state index in [-0.39, 0.29) is 32.0 Å². The molecule has 1 saturated carbocycles. The molecule has 250 valence electrons. The number of rotatable bonds is 8. The van der Waals surface area contributed by atoms with Crippen molar-refractivity contribution in [3.05, 3.63) is 23.8 Å². The van der Waals surface area contributed by atoms with Crippen molar-refractivity contribution in [2.45, 2.75) is 103 Å².